The third kappa shape index (κ3) is 19.6. The van der Waals surface area contributed by atoms with Gasteiger partial charge in [-0.25, -0.2) is 0 Å². The second kappa shape index (κ2) is 35.9. The molecule has 16 aliphatic heterocycles. The van der Waals surface area contributed by atoms with Crippen molar-refractivity contribution in [3.8, 4) is 0 Å². The smallest absolute Gasteiger partial charge is 0.144 e. The first kappa shape index (κ1) is 72.3. The van der Waals surface area contributed by atoms with Crippen molar-refractivity contribution < 1.29 is 18.3 Å². The van der Waals surface area contributed by atoms with E-state index >= 15 is 0 Å². The van der Waals surface area contributed by atoms with Gasteiger partial charge in [-0.15, -0.1) is 0 Å². The van der Waals surface area contributed by atoms with E-state index in [1.54, 1.807) is 38.5 Å². The van der Waals surface area contributed by atoms with E-state index in [-0.39, 0.29) is 0 Å². The topological polar surface area (TPSA) is 20.6 Å². The van der Waals surface area contributed by atoms with E-state index in [1.807, 2.05) is 4.90 Å². The van der Waals surface area contributed by atoms with E-state index in [2.05, 4.69) is 160 Å². The minimum Gasteiger partial charge on any atom is -0.332 e. The van der Waals surface area contributed by atoms with Crippen LogP contribution in [0.15, 0.2) is 121 Å². The highest BCUT2D eigenvalue weighted by atomic mass is 31.2. The molecule has 2 spiro atoms. The number of piperazine rings is 3. The molecule has 20 aliphatic rings. The number of fused-ring (bicyclic) bond motifs is 3. The maximum Gasteiger partial charge on any atom is 0.144 e. The van der Waals surface area contributed by atoms with Gasteiger partial charge in [0, 0.05) is 97.7 Å². The highest BCUT2D eigenvalue weighted by molar-refractivity contribution is 8.01. The number of quaternary nitrogens is 4. The molecular formula is C87H141N9P+5. The summed E-state index contributed by atoms with van der Waals surface area (Å²) in [5, 5.41) is 5.55. The lowest BCUT2D eigenvalue weighted by Crippen LogP contribution is -3.17. The van der Waals surface area contributed by atoms with Crippen LogP contribution in [0.1, 0.15) is 174 Å². The summed E-state index contributed by atoms with van der Waals surface area (Å²) < 4.78 is 4.46. The van der Waals surface area contributed by atoms with Gasteiger partial charge in [0.25, 0.3) is 0 Å². The zero-order chi connectivity index (χ0) is 66.0. The summed E-state index contributed by atoms with van der Waals surface area (Å²) in [5.41, 5.74) is 0. The molecule has 1 N–H and O–H groups in total. The zero-order valence-electron chi connectivity index (χ0n) is 62.2. The number of benzene rings is 4. The van der Waals surface area contributed by atoms with Crippen LogP contribution in [0.5, 0.6) is 0 Å². The molecule has 10 heteroatoms. The van der Waals surface area contributed by atoms with Crippen LogP contribution in [0.25, 0.3) is 0 Å². The van der Waals surface area contributed by atoms with Gasteiger partial charge in [-0.05, 0) is 218 Å². The summed E-state index contributed by atoms with van der Waals surface area (Å²) in [5.74, 6) is 8.82. The molecule has 4 aromatic rings. The van der Waals surface area contributed by atoms with Crippen molar-refractivity contribution >= 4 is 28.5 Å². The Bertz CT molecular complexity index is 2340. The minimum absolute atomic E-state index is 1.03. The van der Waals surface area contributed by atoms with Gasteiger partial charge in [-0.1, -0.05) is 99.5 Å². The van der Waals surface area contributed by atoms with Crippen molar-refractivity contribution in [2.24, 2.45) is 47.3 Å². The number of piperidine rings is 7. The van der Waals surface area contributed by atoms with Crippen LogP contribution in [0.3, 0.4) is 0 Å². The van der Waals surface area contributed by atoms with Crippen molar-refractivity contribution in [1.82, 2.24) is 24.5 Å². The van der Waals surface area contributed by atoms with Crippen LogP contribution in [-0.4, -0.2) is 221 Å². The van der Waals surface area contributed by atoms with Gasteiger partial charge < -0.3 is 18.3 Å². The third-order valence-electron chi connectivity index (χ3n) is 27.5. The minimum atomic E-state index is -1.91. The molecule has 14 bridgehead atoms. The van der Waals surface area contributed by atoms with E-state index in [4.69, 9.17) is 0 Å². The second-order valence-corrected chi connectivity index (χ2v) is 38.5. The van der Waals surface area contributed by atoms with Crippen LogP contribution in [0.4, 0.5) is 0 Å². The van der Waals surface area contributed by atoms with Crippen LogP contribution in [0, 0.1) is 47.3 Å². The average Bonchev–Trinajstić information content (AvgIpc) is 0.939. The number of rotatable bonds is 10. The van der Waals surface area contributed by atoms with E-state index < -0.39 is 7.26 Å². The van der Waals surface area contributed by atoms with E-state index in [0.717, 1.165) is 23.7 Å². The molecule has 4 aliphatic carbocycles. The summed E-state index contributed by atoms with van der Waals surface area (Å²) in [6.07, 6.45) is 37.7. The van der Waals surface area contributed by atoms with Gasteiger partial charge in [-0.3, -0.25) is 24.5 Å². The van der Waals surface area contributed by atoms with E-state index in [0.29, 0.717) is 0 Å². The molecule has 0 aromatic heterocycles. The summed E-state index contributed by atoms with van der Waals surface area (Å²) in [7, 11) is -1.91. The Morgan fingerprint density at radius 1 is 0.309 bits per heavy atom. The van der Waals surface area contributed by atoms with E-state index in [9.17, 15) is 0 Å². The molecule has 16 heterocycles. The van der Waals surface area contributed by atoms with Gasteiger partial charge in [0.1, 0.15) is 28.5 Å². The van der Waals surface area contributed by atoms with Crippen LogP contribution in [-0.2, 0) is 0 Å². The number of likely N-dealkylation sites (tertiary alicyclic amines) is 1. The van der Waals surface area contributed by atoms with Crippen molar-refractivity contribution in [2.45, 2.75) is 174 Å². The molecule has 9 nitrogen and oxygen atoms in total. The van der Waals surface area contributed by atoms with Crippen LogP contribution in [0.2, 0.25) is 0 Å². The van der Waals surface area contributed by atoms with Crippen LogP contribution < -0.4 is 26.1 Å². The first-order valence-corrected chi connectivity index (χ1v) is 43.6. The van der Waals surface area contributed by atoms with Crippen molar-refractivity contribution in [1.29, 1.82) is 0 Å². The molecule has 0 amide bonds. The van der Waals surface area contributed by atoms with Gasteiger partial charge in [0.2, 0.25) is 0 Å². The lowest BCUT2D eigenvalue weighted by atomic mass is 9.56. The van der Waals surface area contributed by atoms with Crippen molar-refractivity contribution in [3.63, 3.8) is 0 Å². The SMILES string of the molecule is C1C2CC3CC1CC(C2)C3.C1C2CN3CC1CN(C2)C3.C1C2CN3CC1CN(C2)C3.C1CC[N+]2(C1)CCCC2.C1CC[N+]2(CC1)CCCCC2.C1C[NH+]2CCN1CC2.CCCC[N+]1(CCCC)CCCCC1.c1ccc([P+](c2ccccc2)(c2ccccc2)c2ccccc2)cc1. The van der Waals surface area contributed by atoms with Crippen molar-refractivity contribution in [3.05, 3.63) is 121 Å². The monoisotopic (exact) mass is 1340 g/mol. The van der Waals surface area contributed by atoms with E-state index in [1.165, 1.54) is 364 Å². The molecule has 97 heavy (non-hydrogen) atoms. The van der Waals surface area contributed by atoms with Crippen LogP contribution >= 0.6 is 7.26 Å². The number of hydrogen-bond donors (Lipinski definition) is 1. The zero-order valence-corrected chi connectivity index (χ0v) is 63.1. The largest absolute Gasteiger partial charge is 0.332 e. The Labute approximate surface area is 594 Å². The number of unbranched alkanes of at least 4 members (excludes halogenated alkanes) is 2. The fourth-order valence-electron chi connectivity index (χ4n) is 23.2. The standard InChI is InChI=1S/C24H20P.C13H28N.C10H20N.C10H16.2C8H14N2.C8H16N.C6H12N2/c1-5-13-21(14-6-1)25(22-15-7-2-8-16-22,23-17-9-3-10-18-23)24-19-11-4-12-20-24;1-3-5-10-14(11-6-4-2)12-8-7-9-13-14;1-3-7-11(8-4-1)9-5-2-6-10-11;3*1-7-2-9-4-8(1)5-10(3-7)6-9;1-2-6-9(5-1)7-3-4-8-9;1-2-8-5-3-7(1)4-6-8/h1-20H;3-13H2,1-2H3;1-10H2;7-10H,1-6H2;2*7-8H,1-6H2;1-8H2;1-6H2/q3*+1;;;;+1;/p+1. The highest BCUT2D eigenvalue weighted by Crippen LogP contribution is 2.55. The fourth-order valence-corrected chi connectivity index (χ4v) is 27.4. The molecule has 4 aromatic carbocycles. The Balaban J connectivity index is 0.000000103. The predicted octanol–water partition coefficient (Wildman–Crippen LogP) is 12.9. The van der Waals surface area contributed by atoms with Gasteiger partial charge in [-0.2, -0.15) is 0 Å². The molecule has 534 valence electrons. The summed E-state index contributed by atoms with van der Waals surface area (Å²) in [6.45, 7) is 44.5. The Morgan fingerprint density at radius 3 is 0.784 bits per heavy atom. The molecule has 0 atom stereocenters. The molecule has 4 saturated carbocycles. The Kier molecular flexibility index (Phi) is 26.8. The average molecular weight is 1340 g/mol. The second-order valence-electron chi connectivity index (χ2n) is 35.1. The normalized spacial score (nSPS) is 33.9. The quantitative estimate of drug-likeness (QED) is 0.126. The number of nitrogens with zero attached hydrogens (tertiary/aromatic N) is 8. The summed E-state index contributed by atoms with van der Waals surface area (Å²) in [6, 6.07) is 43.8. The molecule has 0 radical (unpaired) electrons. The molecule has 24 rings (SSSR count). The third-order valence-corrected chi connectivity index (χ3v) is 31.8. The first-order chi connectivity index (χ1) is 47.7. The fraction of sp³-hybridized carbons (Fsp3) is 0.724. The predicted molar refractivity (Wildman–Crippen MR) is 413 cm³/mol. The lowest BCUT2D eigenvalue weighted by Gasteiger charge is -2.53. The number of hydrogen-bond acceptors (Lipinski definition) is 5. The molecule has 16 saturated heterocycles. The molecule has 0 unspecified atom stereocenters. The molecular weight excluding hydrogens is 1200 g/mol. The maximum absolute atomic E-state index is 2.62. The summed E-state index contributed by atoms with van der Waals surface area (Å²) in [4.78, 5) is 14.9. The lowest BCUT2D eigenvalue weighted by molar-refractivity contribution is -0.936. The van der Waals surface area contributed by atoms with Gasteiger partial charge >= 0.3 is 0 Å². The number of nitrogens with one attached hydrogen (secondary N) is 1. The Hall–Kier alpha value is -3.05. The maximum atomic E-state index is 2.62. The molecule has 20 fully saturated rings. The Morgan fingerprint density at radius 2 is 0.557 bits per heavy atom. The summed E-state index contributed by atoms with van der Waals surface area (Å²) >= 11 is 0. The van der Waals surface area contributed by atoms with Crippen molar-refractivity contribution in [2.75, 3.05) is 184 Å². The highest BCUT2D eigenvalue weighted by Gasteiger charge is 2.48. The first-order valence-electron chi connectivity index (χ1n) is 41.8. The van der Waals surface area contributed by atoms with Gasteiger partial charge in [0.15, 0.2) is 0 Å². The van der Waals surface area contributed by atoms with Gasteiger partial charge in [0.05, 0.1) is 112 Å².